The first-order chi connectivity index (χ1) is 11.0. The molecule has 4 unspecified atom stereocenters. The normalized spacial score (nSPS) is 33.8. The third-order valence-electron chi connectivity index (χ3n) is 4.27. The number of rotatable bonds is 10. The molecule has 1 fully saturated rings. The predicted octanol–water partition coefficient (Wildman–Crippen LogP) is 2.62. The number of ether oxygens (including phenoxy) is 1. The summed E-state index contributed by atoms with van der Waals surface area (Å²) in [5, 5.41) is 0. The van der Waals surface area contributed by atoms with Gasteiger partial charge in [-0.2, -0.15) is 0 Å². The molecule has 0 bridgehead atoms. The molecule has 1 aliphatic rings. The van der Waals surface area contributed by atoms with E-state index in [2.05, 4.69) is 4.52 Å². The molecule has 0 amide bonds. The lowest BCUT2D eigenvalue weighted by molar-refractivity contribution is -0.00716. The summed E-state index contributed by atoms with van der Waals surface area (Å²) in [7, 11) is 5.15. The summed E-state index contributed by atoms with van der Waals surface area (Å²) in [6.45, 7) is 0.246. The highest BCUT2D eigenvalue weighted by atomic mass is 32.5. The molecule has 140 valence electrons. The van der Waals surface area contributed by atoms with Crippen LogP contribution in [0.2, 0.25) is 5.82 Å². The average molecular weight is 400 g/mol. The van der Waals surface area contributed by atoms with Crippen molar-refractivity contribution in [2.75, 3.05) is 20.4 Å². The van der Waals surface area contributed by atoms with Gasteiger partial charge in [0, 0.05) is 14.2 Å². The van der Waals surface area contributed by atoms with Crippen molar-refractivity contribution >= 4 is 34.0 Å². The van der Waals surface area contributed by atoms with E-state index in [0.717, 1.165) is 0 Å². The van der Waals surface area contributed by atoms with Crippen LogP contribution in [-0.2, 0) is 34.7 Å². The molecule has 0 aromatic carbocycles. The molecular weight excluding hydrogens is 373 g/mol. The Morgan fingerprint density at radius 2 is 1.96 bits per heavy atom. The van der Waals surface area contributed by atoms with Crippen molar-refractivity contribution in [1.82, 2.24) is 0 Å². The Hall–Kier alpha value is 0.705. The van der Waals surface area contributed by atoms with Crippen LogP contribution in [0.15, 0.2) is 0 Å². The van der Waals surface area contributed by atoms with Crippen LogP contribution in [-0.4, -0.2) is 56.3 Å². The van der Waals surface area contributed by atoms with E-state index in [4.69, 9.17) is 33.4 Å². The third kappa shape index (κ3) is 6.78. The van der Waals surface area contributed by atoms with Crippen LogP contribution in [0.4, 0.5) is 0 Å². The molecule has 24 heavy (non-hydrogen) atoms. The lowest BCUT2D eigenvalue weighted by Gasteiger charge is -2.30. The van der Waals surface area contributed by atoms with Gasteiger partial charge in [-0.1, -0.05) is 13.3 Å². The topological polar surface area (TPSA) is 94.5 Å². The lowest BCUT2D eigenvalue weighted by Crippen LogP contribution is -2.32. The summed E-state index contributed by atoms with van der Waals surface area (Å²) in [4.78, 5) is 19.9. The first-order valence-electron chi connectivity index (χ1n) is 7.90. The molecular formula is C13H27BO7P2S. The summed E-state index contributed by atoms with van der Waals surface area (Å²) in [5.41, 5.74) is 0. The van der Waals surface area contributed by atoms with Crippen molar-refractivity contribution in [3.05, 3.63) is 0 Å². The van der Waals surface area contributed by atoms with Gasteiger partial charge < -0.3 is 28.1 Å². The molecule has 0 aromatic heterocycles. The Morgan fingerprint density at radius 3 is 2.46 bits per heavy atom. The van der Waals surface area contributed by atoms with Crippen LogP contribution in [0.25, 0.3) is 0 Å². The molecule has 11 heteroatoms. The van der Waals surface area contributed by atoms with Gasteiger partial charge in [0.05, 0.1) is 32.3 Å². The molecule has 0 aliphatic heterocycles. The van der Waals surface area contributed by atoms with Crippen molar-refractivity contribution < 1.29 is 32.7 Å². The molecule has 1 rings (SSSR count). The van der Waals surface area contributed by atoms with Crippen molar-refractivity contribution in [2.24, 2.45) is 5.92 Å². The van der Waals surface area contributed by atoms with Gasteiger partial charge in [-0.3, -0.25) is 4.57 Å². The van der Waals surface area contributed by atoms with Crippen LogP contribution in [0.3, 0.4) is 0 Å². The minimum atomic E-state index is -3.63. The summed E-state index contributed by atoms with van der Waals surface area (Å²) in [6.07, 6.45) is 0.237. The van der Waals surface area contributed by atoms with Gasteiger partial charge in [0.2, 0.25) is 0 Å². The fourth-order valence-corrected chi connectivity index (χ4v) is 5.60. The SMILES string of the molecule is [B]C1C[C@H](CCP(=O)(O)OC)[C@@H](OP(O)(=S)OC(C)CC)[C@H]1OC. The Balaban J connectivity index is 2.83. The molecule has 0 saturated heterocycles. The van der Waals surface area contributed by atoms with E-state index in [1.807, 2.05) is 6.92 Å². The van der Waals surface area contributed by atoms with E-state index in [9.17, 15) is 14.4 Å². The second-order valence-corrected chi connectivity index (χ2v) is 10.9. The van der Waals surface area contributed by atoms with Gasteiger partial charge in [-0.15, -0.1) is 0 Å². The van der Waals surface area contributed by atoms with Crippen molar-refractivity contribution in [1.29, 1.82) is 0 Å². The Labute approximate surface area is 150 Å². The van der Waals surface area contributed by atoms with Crippen molar-refractivity contribution in [2.45, 2.75) is 57.2 Å². The number of hydrogen-bond acceptors (Lipinski definition) is 6. The maximum Gasteiger partial charge on any atom is 0.327 e. The van der Waals surface area contributed by atoms with Crippen molar-refractivity contribution in [3.8, 4) is 0 Å². The quantitative estimate of drug-likeness (QED) is 0.427. The summed E-state index contributed by atoms with van der Waals surface area (Å²) in [5.74, 6) is -0.500. The highest BCUT2D eigenvalue weighted by Gasteiger charge is 2.45. The Kier molecular flexibility index (Phi) is 9.08. The minimum absolute atomic E-state index is 0.0301. The highest BCUT2D eigenvalue weighted by molar-refractivity contribution is 8.07. The Bertz CT molecular complexity index is 495. The van der Waals surface area contributed by atoms with E-state index in [1.54, 1.807) is 6.92 Å². The lowest BCUT2D eigenvalue weighted by atomic mass is 9.83. The van der Waals surface area contributed by atoms with Gasteiger partial charge >= 0.3 is 14.3 Å². The molecule has 1 saturated carbocycles. The van der Waals surface area contributed by atoms with E-state index >= 15 is 0 Å². The zero-order valence-electron chi connectivity index (χ0n) is 14.5. The van der Waals surface area contributed by atoms with Crippen LogP contribution in [0.1, 0.15) is 33.1 Å². The predicted molar refractivity (Wildman–Crippen MR) is 96.9 cm³/mol. The summed E-state index contributed by atoms with van der Waals surface area (Å²) in [6, 6.07) is 0. The zero-order chi connectivity index (χ0) is 18.5. The van der Waals surface area contributed by atoms with Crippen LogP contribution in [0.5, 0.6) is 0 Å². The minimum Gasteiger partial charge on any atom is -0.379 e. The molecule has 0 heterocycles. The molecule has 2 N–H and O–H groups in total. The molecule has 0 spiro atoms. The van der Waals surface area contributed by atoms with Gasteiger partial charge in [0.15, 0.2) is 0 Å². The summed E-state index contributed by atoms with van der Waals surface area (Å²) >= 11 is 5.09. The van der Waals surface area contributed by atoms with Crippen LogP contribution < -0.4 is 0 Å². The molecule has 1 aliphatic carbocycles. The van der Waals surface area contributed by atoms with E-state index in [-0.39, 0.29) is 24.0 Å². The highest BCUT2D eigenvalue weighted by Crippen LogP contribution is 2.53. The first-order valence-corrected chi connectivity index (χ1v) is 12.3. The first kappa shape index (κ1) is 22.7. The number of hydrogen-bond donors (Lipinski definition) is 2. The third-order valence-corrected chi connectivity index (χ3v) is 7.31. The van der Waals surface area contributed by atoms with E-state index in [1.165, 1.54) is 14.2 Å². The Morgan fingerprint density at radius 1 is 1.33 bits per heavy atom. The maximum absolute atomic E-state index is 11.7. The zero-order valence-corrected chi connectivity index (χ0v) is 17.1. The maximum atomic E-state index is 11.7. The van der Waals surface area contributed by atoms with E-state index < -0.39 is 26.5 Å². The average Bonchev–Trinajstić information content (AvgIpc) is 2.79. The van der Waals surface area contributed by atoms with Crippen molar-refractivity contribution in [3.63, 3.8) is 0 Å². The van der Waals surface area contributed by atoms with Gasteiger partial charge in [-0.25, -0.2) is 0 Å². The second-order valence-electron chi connectivity index (χ2n) is 6.06. The van der Waals surface area contributed by atoms with Gasteiger partial charge in [-0.05, 0) is 43.3 Å². The smallest absolute Gasteiger partial charge is 0.327 e. The molecule has 7 nitrogen and oxygen atoms in total. The van der Waals surface area contributed by atoms with Gasteiger partial charge in [0.1, 0.15) is 0 Å². The molecule has 2 radical (unpaired) electrons. The number of methoxy groups -OCH3 is 1. The molecule has 7 atom stereocenters. The van der Waals surface area contributed by atoms with E-state index in [0.29, 0.717) is 19.3 Å². The second kappa shape index (κ2) is 9.59. The largest absolute Gasteiger partial charge is 0.379 e. The van der Waals surface area contributed by atoms with Crippen LogP contribution in [0, 0.1) is 5.92 Å². The molecule has 0 aromatic rings. The van der Waals surface area contributed by atoms with Gasteiger partial charge in [0.25, 0.3) is 0 Å². The fraction of sp³-hybridized carbons (Fsp3) is 1.00. The monoisotopic (exact) mass is 400 g/mol. The fourth-order valence-electron chi connectivity index (χ4n) is 2.77. The van der Waals surface area contributed by atoms with Crippen LogP contribution >= 0.6 is 14.3 Å². The standard InChI is InChI=1S/C13H27BO7P2S/c1-5-9(2)20-23(17,24)21-12-10(6-7-22(15,16)19-4)8-11(14)13(12)18-3/h9-13H,5-8H2,1-4H3,(H,15,16)(H,17,24)/t9?,10-,11?,12+,13-,23?/m0/s1. The summed E-state index contributed by atoms with van der Waals surface area (Å²) < 4.78 is 32.8.